The molecule has 0 heterocycles. The number of aliphatic hydroxyl groups is 1. The molecular weight excluding hydrogens is 242 g/mol. The summed E-state index contributed by atoms with van der Waals surface area (Å²) in [6, 6.07) is 5.53. The molecular formula is C15H25NO3. The zero-order chi connectivity index (χ0) is 14.3. The average molecular weight is 267 g/mol. The molecule has 0 aliphatic heterocycles. The molecule has 4 nitrogen and oxygen atoms in total. The van der Waals surface area contributed by atoms with E-state index in [1.54, 1.807) is 20.3 Å². The zero-order valence-corrected chi connectivity index (χ0v) is 12.3. The lowest BCUT2D eigenvalue weighted by atomic mass is 9.99. The van der Waals surface area contributed by atoms with Crippen molar-refractivity contribution in [3.63, 3.8) is 0 Å². The van der Waals surface area contributed by atoms with Crippen LogP contribution in [0.3, 0.4) is 0 Å². The van der Waals surface area contributed by atoms with Gasteiger partial charge in [-0.3, -0.25) is 0 Å². The van der Waals surface area contributed by atoms with Crippen molar-refractivity contribution < 1.29 is 14.6 Å². The highest BCUT2D eigenvalue weighted by molar-refractivity contribution is 5.42. The number of benzene rings is 1. The quantitative estimate of drug-likeness (QED) is 0.760. The van der Waals surface area contributed by atoms with E-state index in [4.69, 9.17) is 9.47 Å². The fourth-order valence-corrected chi connectivity index (χ4v) is 2.09. The van der Waals surface area contributed by atoms with Gasteiger partial charge in [-0.2, -0.15) is 0 Å². The molecule has 0 saturated heterocycles. The van der Waals surface area contributed by atoms with Gasteiger partial charge in [0.05, 0.1) is 20.3 Å². The van der Waals surface area contributed by atoms with Crippen molar-refractivity contribution in [2.75, 3.05) is 20.8 Å². The normalized spacial score (nSPS) is 13.9. The predicted octanol–water partition coefficient (Wildman–Crippen LogP) is 2.52. The molecule has 0 aromatic heterocycles. The lowest BCUT2D eigenvalue weighted by molar-refractivity contribution is 0.123. The van der Waals surface area contributed by atoms with Gasteiger partial charge in [-0.05, 0) is 31.5 Å². The SMILES string of the molecule is CCCNC(CC)C(O)c1ccc(OC)cc1OC. The van der Waals surface area contributed by atoms with Gasteiger partial charge in [0.1, 0.15) is 11.5 Å². The van der Waals surface area contributed by atoms with E-state index in [1.165, 1.54) is 0 Å². The minimum absolute atomic E-state index is 0.0299. The van der Waals surface area contributed by atoms with Crippen LogP contribution in [0.2, 0.25) is 0 Å². The smallest absolute Gasteiger partial charge is 0.128 e. The van der Waals surface area contributed by atoms with Crippen LogP contribution in [-0.2, 0) is 0 Å². The molecule has 0 radical (unpaired) electrons. The molecule has 19 heavy (non-hydrogen) atoms. The Balaban J connectivity index is 2.93. The van der Waals surface area contributed by atoms with Crippen molar-refractivity contribution in [3.8, 4) is 11.5 Å². The van der Waals surface area contributed by atoms with Gasteiger partial charge in [0, 0.05) is 17.7 Å². The molecule has 1 rings (SSSR count). The summed E-state index contributed by atoms with van der Waals surface area (Å²) in [4.78, 5) is 0. The van der Waals surface area contributed by atoms with E-state index in [1.807, 2.05) is 12.1 Å². The average Bonchev–Trinajstić information content (AvgIpc) is 2.46. The van der Waals surface area contributed by atoms with Crippen LogP contribution in [0.4, 0.5) is 0 Å². The third-order valence-electron chi connectivity index (χ3n) is 3.24. The number of ether oxygens (including phenoxy) is 2. The molecule has 4 heteroatoms. The van der Waals surface area contributed by atoms with Crippen LogP contribution in [0.5, 0.6) is 11.5 Å². The summed E-state index contributed by atoms with van der Waals surface area (Å²) < 4.78 is 10.5. The Morgan fingerprint density at radius 1 is 1.21 bits per heavy atom. The van der Waals surface area contributed by atoms with Crippen LogP contribution < -0.4 is 14.8 Å². The van der Waals surface area contributed by atoms with Gasteiger partial charge in [-0.1, -0.05) is 13.8 Å². The summed E-state index contributed by atoms with van der Waals surface area (Å²) in [6.07, 6.45) is 1.32. The second kappa shape index (κ2) is 8.02. The molecule has 0 saturated carbocycles. The molecule has 0 bridgehead atoms. The summed E-state index contributed by atoms with van der Waals surface area (Å²) in [5, 5.41) is 13.9. The number of methoxy groups -OCH3 is 2. The molecule has 2 N–H and O–H groups in total. The lowest BCUT2D eigenvalue weighted by Gasteiger charge is -2.24. The Labute approximate surface area is 115 Å². The minimum atomic E-state index is -0.586. The summed E-state index contributed by atoms with van der Waals surface area (Å²) in [6.45, 7) is 5.07. The predicted molar refractivity (Wildman–Crippen MR) is 76.9 cm³/mol. The van der Waals surface area contributed by atoms with Crippen LogP contribution in [0.1, 0.15) is 38.4 Å². The first-order chi connectivity index (χ1) is 9.17. The fraction of sp³-hybridized carbons (Fsp3) is 0.600. The molecule has 0 amide bonds. The van der Waals surface area contributed by atoms with Gasteiger partial charge < -0.3 is 19.9 Å². The molecule has 2 unspecified atom stereocenters. The van der Waals surface area contributed by atoms with Gasteiger partial charge in [0.2, 0.25) is 0 Å². The number of hydrogen-bond donors (Lipinski definition) is 2. The Bertz CT molecular complexity index is 382. The van der Waals surface area contributed by atoms with E-state index < -0.39 is 6.10 Å². The zero-order valence-electron chi connectivity index (χ0n) is 12.3. The van der Waals surface area contributed by atoms with Gasteiger partial charge in [0.25, 0.3) is 0 Å². The van der Waals surface area contributed by atoms with Crippen LogP contribution in [0.25, 0.3) is 0 Å². The van der Waals surface area contributed by atoms with Crippen LogP contribution in [0.15, 0.2) is 18.2 Å². The van der Waals surface area contributed by atoms with Crippen LogP contribution >= 0.6 is 0 Å². The monoisotopic (exact) mass is 267 g/mol. The summed E-state index contributed by atoms with van der Waals surface area (Å²) in [5.41, 5.74) is 0.791. The number of hydrogen-bond acceptors (Lipinski definition) is 4. The molecule has 2 atom stereocenters. The third kappa shape index (κ3) is 4.11. The maximum absolute atomic E-state index is 10.5. The van der Waals surface area contributed by atoms with Gasteiger partial charge in [-0.15, -0.1) is 0 Å². The first kappa shape index (κ1) is 15.8. The van der Waals surface area contributed by atoms with E-state index in [0.29, 0.717) is 5.75 Å². The summed E-state index contributed by atoms with van der Waals surface area (Å²) in [5.74, 6) is 1.38. The molecule has 0 fully saturated rings. The fourth-order valence-electron chi connectivity index (χ4n) is 2.09. The topological polar surface area (TPSA) is 50.7 Å². The Hall–Kier alpha value is -1.26. The highest BCUT2D eigenvalue weighted by Gasteiger charge is 2.22. The number of aliphatic hydroxyl groups excluding tert-OH is 1. The van der Waals surface area contributed by atoms with E-state index >= 15 is 0 Å². The maximum atomic E-state index is 10.5. The second-order valence-corrected chi connectivity index (χ2v) is 4.52. The first-order valence-corrected chi connectivity index (χ1v) is 6.81. The van der Waals surface area contributed by atoms with Crippen molar-refractivity contribution in [2.45, 2.75) is 38.8 Å². The van der Waals surface area contributed by atoms with Crippen molar-refractivity contribution >= 4 is 0 Å². The largest absolute Gasteiger partial charge is 0.497 e. The molecule has 0 spiro atoms. The van der Waals surface area contributed by atoms with E-state index in [0.717, 1.165) is 30.7 Å². The second-order valence-electron chi connectivity index (χ2n) is 4.52. The third-order valence-corrected chi connectivity index (χ3v) is 3.24. The lowest BCUT2D eigenvalue weighted by Crippen LogP contribution is -2.35. The molecule has 0 aliphatic rings. The first-order valence-electron chi connectivity index (χ1n) is 6.81. The summed E-state index contributed by atoms with van der Waals surface area (Å²) >= 11 is 0. The van der Waals surface area contributed by atoms with Crippen molar-refractivity contribution in [1.82, 2.24) is 5.32 Å². The van der Waals surface area contributed by atoms with Crippen LogP contribution in [0, 0.1) is 0 Å². The van der Waals surface area contributed by atoms with Crippen molar-refractivity contribution in [3.05, 3.63) is 23.8 Å². The molecule has 1 aromatic rings. The number of rotatable bonds is 8. The van der Waals surface area contributed by atoms with Crippen molar-refractivity contribution in [1.29, 1.82) is 0 Å². The van der Waals surface area contributed by atoms with Crippen LogP contribution in [-0.4, -0.2) is 31.9 Å². The standard InChI is InChI=1S/C15H25NO3/c1-5-9-16-13(6-2)15(17)12-8-7-11(18-3)10-14(12)19-4/h7-8,10,13,15-17H,5-6,9H2,1-4H3. The van der Waals surface area contributed by atoms with Crippen molar-refractivity contribution in [2.24, 2.45) is 0 Å². The van der Waals surface area contributed by atoms with Gasteiger partial charge >= 0.3 is 0 Å². The highest BCUT2D eigenvalue weighted by atomic mass is 16.5. The Kier molecular flexibility index (Phi) is 6.67. The minimum Gasteiger partial charge on any atom is -0.497 e. The van der Waals surface area contributed by atoms with Gasteiger partial charge in [0.15, 0.2) is 0 Å². The summed E-state index contributed by atoms with van der Waals surface area (Å²) in [7, 11) is 3.22. The number of nitrogens with one attached hydrogen (secondary N) is 1. The molecule has 108 valence electrons. The highest BCUT2D eigenvalue weighted by Crippen LogP contribution is 2.31. The van der Waals surface area contributed by atoms with E-state index in [9.17, 15) is 5.11 Å². The Morgan fingerprint density at radius 2 is 1.95 bits per heavy atom. The maximum Gasteiger partial charge on any atom is 0.128 e. The van der Waals surface area contributed by atoms with E-state index in [2.05, 4.69) is 19.2 Å². The molecule has 0 aliphatic carbocycles. The van der Waals surface area contributed by atoms with E-state index in [-0.39, 0.29) is 6.04 Å². The Morgan fingerprint density at radius 3 is 2.47 bits per heavy atom. The van der Waals surface area contributed by atoms with Gasteiger partial charge in [-0.25, -0.2) is 0 Å². The molecule has 1 aromatic carbocycles.